The SMILES string of the molecule is NCCOCCOCCOCCOCCNC(=O)CN1C(=O)C=CC1=O.O=C(O)C(F)(F)F. The molecule has 0 saturated carbocycles. The van der Waals surface area contributed by atoms with Crippen LogP contribution in [-0.2, 0) is 38.1 Å². The van der Waals surface area contributed by atoms with Crippen molar-refractivity contribution < 1.29 is 56.4 Å². The van der Waals surface area contributed by atoms with Gasteiger partial charge in [0.25, 0.3) is 11.8 Å². The molecule has 0 saturated heterocycles. The predicted octanol–water partition coefficient (Wildman–Crippen LogP) is -1.31. The molecule has 1 heterocycles. The summed E-state index contributed by atoms with van der Waals surface area (Å²) in [5.74, 6) is -4.13. The van der Waals surface area contributed by atoms with Gasteiger partial charge in [-0.05, 0) is 0 Å². The number of nitrogens with one attached hydrogen (secondary N) is 1. The molecule has 3 amide bonds. The summed E-state index contributed by atoms with van der Waals surface area (Å²) in [4.78, 5) is 44.0. The summed E-state index contributed by atoms with van der Waals surface area (Å²) < 4.78 is 52.8. The fourth-order valence-electron chi connectivity index (χ4n) is 1.89. The zero-order valence-electron chi connectivity index (χ0n) is 17.8. The minimum Gasteiger partial charge on any atom is -0.475 e. The largest absolute Gasteiger partial charge is 0.490 e. The second-order valence-electron chi connectivity index (χ2n) is 5.99. The van der Waals surface area contributed by atoms with Crippen LogP contribution in [0.2, 0.25) is 0 Å². The van der Waals surface area contributed by atoms with Gasteiger partial charge in [0.15, 0.2) is 0 Å². The van der Waals surface area contributed by atoms with Crippen molar-refractivity contribution in [3.05, 3.63) is 12.2 Å². The average Bonchev–Trinajstić information content (AvgIpc) is 3.05. The van der Waals surface area contributed by atoms with E-state index in [4.69, 9.17) is 34.6 Å². The van der Waals surface area contributed by atoms with E-state index in [0.29, 0.717) is 59.4 Å². The van der Waals surface area contributed by atoms with Gasteiger partial charge in [0.05, 0.1) is 52.9 Å². The van der Waals surface area contributed by atoms with E-state index < -0.39 is 29.9 Å². The van der Waals surface area contributed by atoms with E-state index in [0.717, 1.165) is 17.1 Å². The van der Waals surface area contributed by atoms with E-state index in [9.17, 15) is 27.6 Å². The van der Waals surface area contributed by atoms with Crippen LogP contribution in [0.5, 0.6) is 0 Å². The second-order valence-corrected chi connectivity index (χ2v) is 5.99. The number of hydrogen-bond donors (Lipinski definition) is 3. The monoisotopic (exact) mass is 487 g/mol. The van der Waals surface area contributed by atoms with Crippen molar-refractivity contribution in [2.24, 2.45) is 5.73 Å². The molecule has 1 aliphatic heterocycles. The highest BCUT2D eigenvalue weighted by Crippen LogP contribution is 2.13. The van der Waals surface area contributed by atoms with Gasteiger partial charge in [-0.2, -0.15) is 13.2 Å². The van der Waals surface area contributed by atoms with E-state index in [1.54, 1.807) is 0 Å². The third kappa shape index (κ3) is 16.7. The molecule has 0 radical (unpaired) electrons. The Balaban J connectivity index is 0.00000126. The van der Waals surface area contributed by atoms with Crippen molar-refractivity contribution in [3.63, 3.8) is 0 Å². The first-order valence-corrected chi connectivity index (χ1v) is 9.71. The van der Waals surface area contributed by atoms with Gasteiger partial charge >= 0.3 is 12.1 Å². The number of carbonyl (C=O) groups excluding carboxylic acids is 3. The van der Waals surface area contributed by atoms with Crippen LogP contribution < -0.4 is 11.1 Å². The third-order valence-corrected chi connectivity index (χ3v) is 3.39. The molecule has 0 aromatic heterocycles. The van der Waals surface area contributed by atoms with Crippen molar-refractivity contribution in [3.8, 4) is 0 Å². The Bertz CT molecular complexity index is 627. The number of aliphatic carboxylic acids is 1. The zero-order chi connectivity index (χ0) is 25.1. The van der Waals surface area contributed by atoms with E-state index in [2.05, 4.69) is 5.32 Å². The van der Waals surface area contributed by atoms with Gasteiger partial charge in [-0.15, -0.1) is 0 Å². The van der Waals surface area contributed by atoms with E-state index in [1.165, 1.54) is 0 Å². The quantitative estimate of drug-likeness (QED) is 0.176. The van der Waals surface area contributed by atoms with Crippen LogP contribution in [0.1, 0.15) is 0 Å². The molecule has 0 aromatic rings. The van der Waals surface area contributed by atoms with E-state index in [-0.39, 0.29) is 13.1 Å². The zero-order valence-corrected chi connectivity index (χ0v) is 17.8. The number of carboxylic acid groups (broad SMARTS) is 1. The van der Waals surface area contributed by atoms with Gasteiger partial charge in [0, 0.05) is 25.2 Å². The smallest absolute Gasteiger partial charge is 0.475 e. The molecule has 0 bridgehead atoms. The Labute approximate surface area is 187 Å². The van der Waals surface area contributed by atoms with Gasteiger partial charge < -0.3 is 35.1 Å². The van der Waals surface area contributed by atoms with Crippen molar-refractivity contribution in [1.29, 1.82) is 0 Å². The third-order valence-electron chi connectivity index (χ3n) is 3.39. The van der Waals surface area contributed by atoms with Crippen molar-refractivity contribution in [1.82, 2.24) is 10.2 Å². The number of carboxylic acids is 1. The Hall–Kier alpha value is -2.59. The molecule has 12 nitrogen and oxygen atoms in total. The van der Waals surface area contributed by atoms with Crippen LogP contribution in [0.3, 0.4) is 0 Å². The lowest BCUT2D eigenvalue weighted by atomic mass is 10.4. The number of imide groups is 1. The molecule has 1 rings (SSSR count). The highest BCUT2D eigenvalue weighted by Gasteiger charge is 2.38. The fraction of sp³-hybridized carbons (Fsp3) is 0.667. The summed E-state index contributed by atoms with van der Waals surface area (Å²) in [7, 11) is 0. The standard InChI is InChI=1S/C16H27N3O7.C2HF3O2/c17-3-5-23-7-9-25-11-12-26-10-8-24-6-4-18-14(20)13-19-15(21)1-2-16(19)22;3-2(4,5)1(6)7/h1-2H,3-13,17H2,(H,18,20);(H,6,7). The summed E-state index contributed by atoms with van der Waals surface area (Å²) in [5.41, 5.74) is 5.28. The number of ether oxygens (including phenoxy) is 4. The number of alkyl halides is 3. The lowest BCUT2D eigenvalue weighted by Gasteiger charge is -2.13. The molecule has 0 aliphatic carbocycles. The number of rotatable bonds is 16. The summed E-state index contributed by atoms with van der Waals surface area (Å²) >= 11 is 0. The lowest BCUT2D eigenvalue weighted by molar-refractivity contribution is -0.192. The van der Waals surface area contributed by atoms with Crippen molar-refractivity contribution >= 4 is 23.7 Å². The van der Waals surface area contributed by atoms with Crippen LogP contribution >= 0.6 is 0 Å². The summed E-state index contributed by atoms with van der Waals surface area (Å²) in [5, 5.41) is 9.70. The van der Waals surface area contributed by atoms with Crippen LogP contribution in [0.25, 0.3) is 0 Å². The first-order valence-electron chi connectivity index (χ1n) is 9.71. The van der Waals surface area contributed by atoms with Gasteiger partial charge in [0.2, 0.25) is 5.91 Å². The Kier molecular flexibility index (Phi) is 16.5. The Morgan fingerprint density at radius 3 is 1.67 bits per heavy atom. The van der Waals surface area contributed by atoms with E-state index in [1.807, 2.05) is 0 Å². The van der Waals surface area contributed by atoms with Crippen LogP contribution in [0.15, 0.2) is 12.2 Å². The maximum Gasteiger partial charge on any atom is 0.490 e. The second kappa shape index (κ2) is 17.9. The summed E-state index contributed by atoms with van der Waals surface area (Å²) in [6.45, 7) is 4.11. The number of amides is 3. The van der Waals surface area contributed by atoms with Crippen LogP contribution in [0, 0.1) is 0 Å². The fourth-order valence-corrected chi connectivity index (χ4v) is 1.89. The molecular weight excluding hydrogens is 459 g/mol. The minimum atomic E-state index is -5.08. The van der Waals surface area contributed by atoms with E-state index >= 15 is 0 Å². The molecule has 190 valence electrons. The maximum absolute atomic E-state index is 11.6. The molecule has 0 spiro atoms. The number of halogens is 3. The molecular formula is C18H28F3N3O9. The molecule has 1 aliphatic rings. The first kappa shape index (κ1) is 30.4. The van der Waals surface area contributed by atoms with Gasteiger partial charge in [-0.3, -0.25) is 19.3 Å². The molecule has 0 atom stereocenters. The lowest BCUT2D eigenvalue weighted by Crippen LogP contribution is -2.41. The normalized spacial score (nSPS) is 13.2. The predicted molar refractivity (Wildman–Crippen MR) is 105 cm³/mol. The molecule has 0 fully saturated rings. The number of carbonyl (C=O) groups is 4. The van der Waals surface area contributed by atoms with Gasteiger partial charge in [-0.25, -0.2) is 4.79 Å². The summed E-state index contributed by atoms with van der Waals surface area (Å²) in [6, 6.07) is 0. The Morgan fingerprint density at radius 2 is 1.27 bits per heavy atom. The topological polar surface area (TPSA) is 167 Å². The first-order chi connectivity index (χ1) is 15.6. The number of nitrogens with zero attached hydrogens (tertiary/aromatic N) is 1. The van der Waals surface area contributed by atoms with Gasteiger partial charge in [-0.1, -0.05) is 0 Å². The number of nitrogens with two attached hydrogens (primary N) is 1. The highest BCUT2D eigenvalue weighted by molar-refractivity contribution is 6.14. The molecule has 33 heavy (non-hydrogen) atoms. The van der Waals surface area contributed by atoms with Crippen molar-refractivity contribution in [2.75, 3.05) is 72.5 Å². The molecule has 0 unspecified atom stereocenters. The van der Waals surface area contributed by atoms with Crippen molar-refractivity contribution in [2.45, 2.75) is 6.18 Å². The average molecular weight is 487 g/mol. The minimum absolute atomic E-state index is 0.286. The maximum atomic E-state index is 11.6. The number of hydrogen-bond acceptors (Lipinski definition) is 9. The summed E-state index contributed by atoms with van der Waals surface area (Å²) in [6.07, 6.45) is -2.81. The molecule has 0 aromatic carbocycles. The van der Waals surface area contributed by atoms with Crippen LogP contribution in [-0.4, -0.2) is 112 Å². The van der Waals surface area contributed by atoms with Crippen LogP contribution in [0.4, 0.5) is 13.2 Å². The molecule has 4 N–H and O–H groups in total. The molecule has 15 heteroatoms. The van der Waals surface area contributed by atoms with Gasteiger partial charge in [0.1, 0.15) is 6.54 Å². The highest BCUT2D eigenvalue weighted by atomic mass is 19.4. The Morgan fingerprint density at radius 1 is 0.879 bits per heavy atom.